The van der Waals surface area contributed by atoms with Crippen molar-refractivity contribution in [2.75, 3.05) is 10.7 Å². The molecule has 27 heavy (non-hydrogen) atoms. The van der Waals surface area contributed by atoms with Gasteiger partial charge in [0.05, 0.1) is 6.04 Å². The number of aryl methyl sites for hydroxylation is 2. The van der Waals surface area contributed by atoms with Gasteiger partial charge in [0.15, 0.2) is 0 Å². The van der Waals surface area contributed by atoms with Crippen molar-refractivity contribution in [1.29, 1.82) is 0 Å². The number of nitrogens with one attached hydrogen (secondary N) is 2. The summed E-state index contributed by atoms with van der Waals surface area (Å²) in [6.45, 7) is 4.00. The fraction of sp³-hybridized carbons (Fsp3) is 0.250. The number of anilines is 1. The standard InChI is InChI=1S/C20H21N5OS/c1-3-14-9-11-16(12-10-14)21-19(26)18-17(15-7-5-4-6-8-15)24-25-13(2)22-23-20(25)27-18/h4-12,17-18,24H,3H2,1-2H3,(H,21,26)/t17-,18+/m1/s1. The molecule has 6 nitrogen and oxygen atoms in total. The second kappa shape index (κ2) is 7.44. The van der Waals surface area contributed by atoms with E-state index >= 15 is 0 Å². The van der Waals surface area contributed by atoms with Gasteiger partial charge in [-0.2, -0.15) is 0 Å². The van der Waals surface area contributed by atoms with E-state index in [0.717, 1.165) is 23.5 Å². The summed E-state index contributed by atoms with van der Waals surface area (Å²) >= 11 is 1.43. The quantitative estimate of drug-likeness (QED) is 0.725. The molecule has 0 saturated carbocycles. The van der Waals surface area contributed by atoms with Crippen LogP contribution in [0.1, 0.15) is 29.9 Å². The van der Waals surface area contributed by atoms with Crippen molar-refractivity contribution in [2.24, 2.45) is 0 Å². The van der Waals surface area contributed by atoms with Crippen LogP contribution in [0.25, 0.3) is 0 Å². The number of rotatable bonds is 4. The Kier molecular flexibility index (Phi) is 4.85. The summed E-state index contributed by atoms with van der Waals surface area (Å²) < 4.78 is 1.85. The minimum Gasteiger partial charge on any atom is -0.325 e. The van der Waals surface area contributed by atoms with Gasteiger partial charge in [-0.15, -0.1) is 10.2 Å². The molecule has 3 aromatic rings. The lowest BCUT2D eigenvalue weighted by atomic mass is 10.0. The van der Waals surface area contributed by atoms with E-state index in [2.05, 4.69) is 27.9 Å². The molecule has 2 atom stereocenters. The number of carbonyl (C=O) groups is 1. The highest BCUT2D eigenvalue weighted by Gasteiger charge is 2.37. The smallest absolute Gasteiger partial charge is 0.240 e. The molecule has 1 aliphatic rings. The van der Waals surface area contributed by atoms with Crippen molar-refractivity contribution in [3.8, 4) is 0 Å². The molecule has 2 aromatic carbocycles. The van der Waals surface area contributed by atoms with Crippen LogP contribution in [0.3, 0.4) is 0 Å². The number of thioether (sulfide) groups is 1. The second-order valence-corrected chi connectivity index (χ2v) is 7.57. The van der Waals surface area contributed by atoms with E-state index < -0.39 is 0 Å². The van der Waals surface area contributed by atoms with Gasteiger partial charge in [-0.1, -0.05) is 61.2 Å². The molecule has 0 aliphatic carbocycles. The Bertz CT molecular complexity index is 939. The maximum absolute atomic E-state index is 13.1. The summed E-state index contributed by atoms with van der Waals surface area (Å²) in [5.74, 6) is 0.713. The first-order valence-corrected chi connectivity index (χ1v) is 9.83. The highest BCUT2D eigenvalue weighted by molar-refractivity contribution is 8.00. The minimum atomic E-state index is -0.366. The Labute approximate surface area is 162 Å². The number of aromatic nitrogens is 3. The first-order chi connectivity index (χ1) is 13.2. The van der Waals surface area contributed by atoms with E-state index in [0.29, 0.717) is 5.16 Å². The summed E-state index contributed by atoms with van der Waals surface area (Å²) in [7, 11) is 0. The van der Waals surface area contributed by atoms with Crippen LogP contribution >= 0.6 is 11.8 Å². The molecular formula is C20H21N5OS. The number of hydrogen-bond donors (Lipinski definition) is 2. The van der Waals surface area contributed by atoms with Crippen molar-refractivity contribution in [3.63, 3.8) is 0 Å². The molecule has 4 rings (SSSR count). The Morgan fingerprint density at radius 2 is 1.89 bits per heavy atom. The van der Waals surface area contributed by atoms with Crippen LogP contribution in [-0.2, 0) is 11.2 Å². The molecule has 0 saturated heterocycles. The lowest BCUT2D eigenvalue weighted by Gasteiger charge is -2.32. The molecule has 0 unspecified atom stereocenters. The number of benzene rings is 2. The van der Waals surface area contributed by atoms with Crippen molar-refractivity contribution >= 4 is 23.4 Å². The van der Waals surface area contributed by atoms with Gasteiger partial charge < -0.3 is 10.7 Å². The fourth-order valence-electron chi connectivity index (χ4n) is 3.11. The SMILES string of the molecule is CCc1ccc(NC(=O)[C@H]2Sc3nnc(C)n3N[C@@H]2c2ccccc2)cc1. The summed E-state index contributed by atoms with van der Waals surface area (Å²) in [6.07, 6.45) is 0.974. The topological polar surface area (TPSA) is 71.8 Å². The number of amides is 1. The summed E-state index contributed by atoms with van der Waals surface area (Å²) in [5.41, 5.74) is 6.49. The predicted molar refractivity (Wildman–Crippen MR) is 107 cm³/mol. The number of nitrogens with zero attached hydrogens (tertiary/aromatic N) is 3. The third kappa shape index (κ3) is 3.55. The average Bonchev–Trinajstić information content (AvgIpc) is 3.08. The molecule has 138 valence electrons. The van der Waals surface area contributed by atoms with E-state index in [4.69, 9.17) is 0 Å². The summed E-state index contributed by atoms with van der Waals surface area (Å²) in [5, 5.41) is 11.7. The molecule has 0 fully saturated rings. The molecule has 1 aromatic heterocycles. The molecule has 0 bridgehead atoms. The van der Waals surface area contributed by atoms with Gasteiger partial charge in [-0.25, -0.2) is 4.68 Å². The second-order valence-electron chi connectivity index (χ2n) is 6.46. The van der Waals surface area contributed by atoms with E-state index in [9.17, 15) is 4.79 Å². The van der Waals surface area contributed by atoms with E-state index in [1.807, 2.05) is 66.2 Å². The molecule has 0 radical (unpaired) electrons. The third-order valence-electron chi connectivity index (χ3n) is 4.65. The molecule has 1 aliphatic heterocycles. The lowest BCUT2D eigenvalue weighted by molar-refractivity contribution is -0.116. The molecule has 0 spiro atoms. The van der Waals surface area contributed by atoms with E-state index in [-0.39, 0.29) is 17.2 Å². The number of carbonyl (C=O) groups excluding carboxylic acids is 1. The molecule has 7 heteroatoms. The monoisotopic (exact) mass is 379 g/mol. The molecule has 2 N–H and O–H groups in total. The zero-order valence-corrected chi connectivity index (χ0v) is 16.0. The fourth-order valence-corrected chi connectivity index (χ4v) is 4.23. The normalized spacial score (nSPS) is 18.4. The average molecular weight is 379 g/mol. The van der Waals surface area contributed by atoms with Gasteiger partial charge in [-0.3, -0.25) is 4.79 Å². The minimum absolute atomic E-state index is 0.0579. The maximum Gasteiger partial charge on any atom is 0.240 e. The number of fused-ring (bicyclic) bond motifs is 1. The van der Waals surface area contributed by atoms with Gasteiger partial charge >= 0.3 is 0 Å². The van der Waals surface area contributed by atoms with Gasteiger partial charge in [0.25, 0.3) is 0 Å². The molecule has 1 amide bonds. The Morgan fingerprint density at radius 1 is 1.15 bits per heavy atom. The van der Waals surface area contributed by atoms with E-state index in [1.54, 1.807) is 0 Å². The van der Waals surface area contributed by atoms with Gasteiger partial charge in [0, 0.05) is 5.69 Å². The third-order valence-corrected chi connectivity index (χ3v) is 5.86. The summed E-state index contributed by atoms with van der Waals surface area (Å²) in [6, 6.07) is 17.8. The Morgan fingerprint density at radius 3 is 2.59 bits per heavy atom. The van der Waals surface area contributed by atoms with Crippen LogP contribution in [0.15, 0.2) is 59.8 Å². The predicted octanol–water partition coefficient (Wildman–Crippen LogP) is 3.55. The number of hydrogen-bond acceptors (Lipinski definition) is 5. The van der Waals surface area contributed by atoms with E-state index in [1.165, 1.54) is 17.3 Å². The molecule has 2 heterocycles. The zero-order chi connectivity index (χ0) is 18.8. The van der Waals surface area contributed by atoms with Gasteiger partial charge in [0.1, 0.15) is 11.1 Å². The van der Waals surface area contributed by atoms with Crippen LogP contribution < -0.4 is 10.7 Å². The summed E-state index contributed by atoms with van der Waals surface area (Å²) in [4.78, 5) is 13.1. The Hall–Kier alpha value is -2.80. The van der Waals surface area contributed by atoms with Crippen LogP contribution in [-0.4, -0.2) is 26.0 Å². The van der Waals surface area contributed by atoms with Crippen LogP contribution in [0.4, 0.5) is 5.69 Å². The lowest BCUT2D eigenvalue weighted by Crippen LogP contribution is -2.41. The highest BCUT2D eigenvalue weighted by Crippen LogP contribution is 2.37. The van der Waals surface area contributed by atoms with Crippen LogP contribution in [0.5, 0.6) is 0 Å². The first kappa shape index (κ1) is 17.6. The van der Waals surface area contributed by atoms with Gasteiger partial charge in [-0.05, 0) is 36.6 Å². The van der Waals surface area contributed by atoms with Crippen molar-refractivity contribution in [3.05, 3.63) is 71.5 Å². The maximum atomic E-state index is 13.1. The zero-order valence-electron chi connectivity index (χ0n) is 15.2. The highest BCUT2D eigenvalue weighted by atomic mass is 32.2. The van der Waals surface area contributed by atoms with Crippen molar-refractivity contribution < 1.29 is 4.79 Å². The first-order valence-electron chi connectivity index (χ1n) is 8.95. The van der Waals surface area contributed by atoms with Crippen LogP contribution in [0, 0.1) is 6.92 Å². The van der Waals surface area contributed by atoms with Crippen LogP contribution in [0.2, 0.25) is 0 Å². The van der Waals surface area contributed by atoms with Crippen molar-refractivity contribution in [2.45, 2.75) is 36.7 Å². The Balaban J connectivity index is 1.62. The van der Waals surface area contributed by atoms with Crippen molar-refractivity contribution in [1.82, 2.24) is 14.9 Å². The van der Waals surface area contributed by atoms with Gasteiger partial charge in [0.2, 0.25) is 11.1 Å². The largest absolute Gasteiger partial charge is 0.325 e. The molecular weight excluding hydrogens is 358 g/mol.